The van der Waals surface area contributed by atoms with Crippen LogP contribution in [0, 0.1) is 11.3 Å². The highest BCUT2D eigenvalue weighted by Gasteiger charge is 2.24. The van der Waals surface area contributed by atoms with E-state index in [0.717, 1.165) is 5.56 Å². The molecule has 0 bridgehead atoms. The van der Waals surface area contributed by atoms with Gasteiger partial charge >= 0.3 is 12.1 Å². The summed E-state index contributed by atoms with van der Waals surface area (Å²) >= 11 is 0. The Morgan fingerprint density at radius 2 is 1.92 bits per heavy atom. The van der Waals surface area contributed by atoms with Crippen molar-refractivity contribution in [2.24, 2.45) is 0 Å². The van der Waals surface area contributed by atoms with Gasteiger partial charge in [-0.25, -0.2) is 9.59 Å². The van der Waals surface area contributed by atoms with Gasteiger partial charge in [0, 0.05) is 16.2 Å². The quantitative estimate of drug-likeness (QED) is 0.391. The summed E-state index contributed by atoms with van der Waals surface area (Å²) < 4.78 is 9.93. The first kappa shape index (κ1) is 22.0. The molecule has 1 unspecified atom stereocenters. The second-order valence-electron chi connectivity index (χ2n) is 6.26. The standard InChI is InChI=1S/C17H23N3O4S2/c1-17(2,3)26-25-11-14(15(21)23-9-8-18)20-16(22)24-10-12-4-6-13(19)7-5-12/h4-7,14H,9-11,19H2,1-3H3,(H,20,22). The predicted molar refractivity (Wildman–Crippen MR) is 104 cm³/mol. The normalized spacial score (nSPS) is 11.9. The number of hydrogen-bond donors (Lipinski definition) is 2. The third kappa shape index (κ3) is 9.44. The molecule has 0 spiro atoms. The third-order valence-corrected chi connectivity index (χ3v) is 6.10. The predicted octanol–water partition coefficient (Wildman–Crippen LogP) is 3.11. The van der Waals surface area contributed by atoms with E-state index in [1.54, 1.807) is 41.1 Å². The lowest BCUT2D eigenvalue weighted by Crippen LogP contribution is -2.43. The molecule has 9 heteroatoms. The largest absolute Gasteiger partial charge is 0.449 e. The van der Waals surface area contributed by atoms with Gasteiger partial charge in [0.1, 0.15) is 18.7 Å². The number of benzene rings is 1. The molecule has 1 amide bonds. The Labute approximate surface area is 161 Å². The number of nitrogens with one attached hydrogen (secondary N) is 1. The Kier molecular flexibility index (Phi) is 9.16. The molecule has 0 aliphatic heterocycles. The summed E-state index contributed by atoms with van der Waals surface area (Å²) in [5.74, 6) is -0.374. The zero-order valence-electron chi connectivity index (χ0n) is 15.0. The summed E-state index contributed by atoms with van der Waals surface area (Å²) in [6, 6.07) is 7.74. The minimum atomic E-state index is -0.901. The Hall–Kier alpha value is -2.05. The number of nitrogen functional groups attached to an aromatic ring is 1. The molecule has 0 fully saturated rings. The molecular weight excluding hydrogens is 374 g/mol. The summed E-state index contributed by atoms with van der Waals surface area (Å²) in [5, 5.41) is 11.0. The fraction of sp³-hybridized carbons (Fsp3) is 0.471. The van der Waals surface area contributed by atoms with Crippen molar-refractivity contribution in [3.63, 3.8) is 0 Å². The summed E-state index contributed by atoms with van der Waals surface area (Å²) in [7, 11) is 3.02. The lowest BCUT2D eigenvalue weighted by Gasteiger charge is -2.20. The molecule has 3 N–H and O–H groups in total. The molecule has 1 atom stereocenters. The average Bonchev–Trinajstić information content (AvgIpc) is 2.57. The molecule has 142 valence electrons. The Balaban J connectivity index is 2.55. The highest BCUT2D eigenvalue weighted by molar-refractivity contribution is 8.77. The first-order valence-corrected chi connectivity index (χ1v) is 10.1. The van der Waals surface area contributed by atoms with Gasteiger partial charge in [-0.15, -0.1) is 0 Å². The van der Waals surface area contributed by atoms with Gasteiger partial charge in [0.2, 0.25) is 0 Å². The molecule has 7 nitrogen and oxygen atoms in total. The van der Waals surface area contributed by atoms with E-state index in [4.69, 9.17) is 20.5 Å². The minimum absolute atomic E-state index is 0.00143. The summed E-state index contributed by atoms with van der Waals surface area (Å²) in [5.41, 5.74) is 6.99. The Morgan fingerprint density at radius 1 is 1.27 bits per heavy atom. The molecule has 0 saturated heterocycles. The van der Waals surface area contributed by atoms with E-state index in [2.05, 4.69) is 5.32 Å². The number of rotatable bonds is 8. The summed E-state index contributed by atoms with van der Waals surface area (Å²) in [4.78, 5) is 24.0. The maximum atomic E-state index is 12.0. The highest BCUT2D eigenvalue weighted by Crippen LogP contribution is 2.35. The molecule has 26 heavy (non-hydrogen) atoms. The molecule has 0 aromatic heterocycles. The lowest BCUT2D eigenvalue weighted by molar-refractivity contribution is -0.143. The van der Waals surface area contributed by atoms with E-state index in [-0.39, 0.29) is 18.0 Å². The van der Waals surface area contributed by atoms with Gasteiger partial charge in [0.05, 0.1) is 0 Å². The van der Waals surface area contributed by atoms with Gasteiger partial charge in [0.25, 0.3) is 0 Å². The first-order valence-electron chi connectivity index (χ1n) is 7.83. The third-order valence-electron chi connectivity index (χ3n) is 2.75. The van der Waals surface area contributed by atoms with Crippen molar-refractivity contribution in [1.82, 2.24) is 5.32 Å². The van der Waals surface area contributed by atoms with Gasteiger partial charge < -0.3 is 20.5 Å². The summed E-state index contributed by atoms with van der Waals surface area (Å²) in [6.45, 7) is 5.82. The van der Waals surface area contributed by atoms with Crippen LogP contribution in [-0.2, 0) is 20.9 Å². The van der Waals surface area contributed by atoms with Crippen LogP contribution in [0.2, 0.25) is 0 Å². The zero-order valence-corrected chi connectivity index (χ0v) is 16.6. The Bertz CT molecular complexity index is 639. The van der Waals surface area contributed by atoms with Crippen LogP contribution in [-0.4, -0.2) is 35.2 Å². The molecule has 0 radical (unpaired) electrons. The van der Waals surface area contributed by atoms with E-state index >= 15 is 0 Å². The van der Waals surface area contributed by atoms with E-state index in [1.165, 1.54) is 10.8 Å². The van der Waals surface area contributed by atoms with Crippen LogP contribution < -0.4 is 11.1 Å². The van der Waals surface area contributed by atoms with Gasteiger partial charge in [-0.05, 0) is 17.7 Å². The number of carbonyl (C=O) groups excluding carboxylic acids is 2. The number of esters is 1. The van der Waals surface area contributed by atoms with Crippen LogP contribution in [0.15, 0.2) is 24.3 Å². The van der Waals surface area contributed by atoms with Crippen LogP contribution in [0.3, 0.4) is 0 Å². The second-order valence-corrected chi connectivity index (χ2v) is 9.43. The zero-order chi connectivity index (χ0) is 19.6. The average molecular weight is 398 g/mol. The minimum Gasteiger partial charge on any atom is -0.449 e. The van der Waals surface area contributed by atoms with E-state index < -0.39 is 18.1 Å². The molecule has 1 rings (SSSR count). The maximum absolute atomic E-state index is 12.0. The van der Waals surface area contributed by atoms with Crippen molar-refractivity contribution < 1.29 is 19.1 Å². The number of hydrogen-bond acceptors (Lipinski definition) is 8. The highest BCUT2D eigenvalue weighted by atomic mass is 33.1. The fourth-order valence-corrected chi connectivity index (χ4v) is 4.05. The van der Waals surface area contributed by atoms with Crippen LogP contribution >= 0.6 is 21.6 Å². The van der Waals surface area contributed by atoms with Crippen molar-refractivity contribution in [1.29, 1.82) is 5.26 Å². The van der Waals surface area contributed by atoms with Crippen molar-refractivity contribution in [3.05, 3.63) is 29.8 Å². The second kappa shape index (κ2) is 10.8. The number of anilines is 1. The SMILES string of the molecule is CC(C)(C)SSCC(NC(=O)OCc1ccc(N)cc1)C(=O)OCC#N. The van der Waals surface area contributed by atoms with Crippen molar-refractivity contribution in [2.75, 3.05) is 18.1 Å². The van der Waals surface area contributed by atoms with Gasteiger partial charge in [-0.3, -0.25) is 0 Å². The van der Waals surface area contributed by atoms with E-state index in [1.807, 2.05) is 20.8 Å². The fourth-order valence-electron chi connectivity index (χ4n) is 1.60. The molecule has 0 saturated carbocycles. The number of amides is 1. The molecule has 0 aliphatic rings. The number of ether oxygens (including phenoxy) is 2. The van der Waals surface area contributed by atoms with Crippen LogP contribution in [0.25, 0.3) is 0 Å². The molecule has 1 aromatic rings. The van der Waals surface area contributed by atoms with Crippen LogP contribution in [0.4, 0.5) is 10.5 Å². The lowest BCUT2D eigenvalue weighted by atomic mass is 10.2. The van der Waals surface area contributed by atoms with Crippen LogP contribution in [0.1, 0.15) is 26.3 Å². The molecule has 0 heterocycles. The van der Waals surface area contributed by atoms with Crippen molar-refractivity contribution in [2.45, 2.75) is 38.2 Å². The monoisotopic (exact) mass is 397 g/mol. The van der Waals surface area contributed by atoms with E-state index in [9.17, 15) is 9.59 Å². The topological polar surface area (TPSA) is 114 Å². The van der Waals surface area contributed by atoms with Gasteiger partial charge in [-0.1, -0.05) is 54.5 Å². The first-order chi connectivity index (χ1) is 12.2. The van der Waals surface area contributed by atoms with Crippen LogP contribution in [0.5, 0.6) is 0 Å². The number of carbonyl (C=O) groups is 2. The smallest absolute Gasteiger partial charge is 0.408 e. The maximum Gasteiger partial charge on any atom is 0.408 e. The number of nitrogens with zero attached hydrogens (tertiary/aromatic N) is 1. The van der Waals surface area contributed by atoms with Gasteiger partial charge in [-0.2, -0.15) is 5.26 Å². The Morgan fingerprint density at radius 3 is 2.50 bits per heavy atom. The van der Waals surface area contributed by atoms with E-state index in [0.29, 0.717) is 11.4 Å². The molecular formula is C17H23N3O4S2. The van der Waals surface area contributed by atoms with Crippen molar-refractivity contribution >= 4 is 39.3 Å². The number of nitriles is 1. The van der Waals surface area contributed by atoms with Crippen molar-refractivity contribution in [3.8, 4) is 6.07 Å². The number of nitrogens with two attached hydrogens (primary N) is 1. The summed E-state index contributed by atoms with van der Waals surface area (Å²) in [6.07, 6.45) is -0.734. The number of alkyl carbamates (subject to hydrolysis) is 1. The van der Waals surface area contributed by atoms with Gasteiger partial charge in [0.15, 0.2) is 6.61 Å². The molecule has 1 aromatic carbocycles. The molecule has 0 aliphatic carbocycles.